The Hall–Kier alpha value is -1.35. The minimum absolute atomic E-state index is 0.0959. The lowest BCUT2D eigenvalue weighted by Crippen LogP contribution is -2.57. The number of hydrogen-bond donors (Lipinski definition) is 1. The number of nitrogens with zero attached hydrogens (tertiary/aromatic N) is 1. The van der Waals surface area contributed by atoms with Gasteiger partial charge in [-0.1, -0.05) is 24.6 Å². The highest BCUT2D eigenvalue weighted by molar-refractivity contribution is 5.94. The highest BCUT2D eigenvalue weighted by atomic mass is 16.1. The molecule has 1 saturated carbocycles. The summed E-state index contributed by atoms with van der Waals surface area (Å²) in [6, 6.07) is 12.3. The van der Waals surface area contributed by atoms with E-state index in [0.29, 0.717) is 18.1 Å². The van der Waals surface area contributed by atoms with Crippen molar-refractivity contribution >= 4 is 5.91 Å². The molecular formula is C18H24N2O. The summed E-state index contributed by atoms with van der Waals surface area (Å²) in [4.78, 5) is 15.1. The van der Waals surface area contributed by atoms with Crippen molar-refractivity contribution in [2.45, 2.75) is 69.1 Å². The number of amides is 1. The lowest BCUT2D eigenvalue weighted by atomic mass is 9.81. The summed E-state index contributed by atoms with van der Waals surface area (Å²) in [6.45, 7) is 0. The molecule has 1 amide bonds. The van der Waals surface area contributed by atoms with Crippen LogP contribution in [0.25, 0.3) is 0 Å². The normalized spacial score (nSPS) is 32.7. The van der Waals surface area contributed by atoms with Crippen molar-refractivity contribution in [2.75, 3.05) is 0 Å². The molecule has 3 heteroatoms. The van der Waals surface area contributed by atoms with Crippen molar-refractivity contribution in [1.29, 1.82) is 0 Å². The Labute approximate surface area is 126 Å². The van der Waals surface area contributed by atoms with E-state index in [-0.39, 0.29) is 5.91 Å². The average Bonchev–Trinajstić information content (AvgIpc) is 3.32. The predicted molar refractivity (Wildman–Crippen MR) is 83.2 cm³/mol. The van der Waals surface area contributed by atoms with E-state index in [4.69, 9.17) is 0 Å². The summed E-state index contributed by atoms with van der Waals surface area (Å²) in [6.07, 6.45) is 9.10. The maximum atomic E-state index is 12.3. The Morgan fingerprint density at radius 1 is 0.952 bits per heavy atom. The number of benzene rings is 1. The molecule has 3 aliphatic rings. The van der Waals surface area contributed by atoms with Gasteiger partial charge in [0, 0.05) is 29.7 Å². The van der Waals surface area contributed by atoms with Crippen molar-refractivity contribution < 1.29 is 4.79 Å². The van der Waals surface area contributed by atoms with Gasteiger partial charge in [0.2, 0.25) is 0 Å². The number of carbonyl (C=O) groups excluding carboxylic acids is 1. The van der Waals surface area contributed by atoms with Gasteiger partial charge in [0.05, 0.1) is 0 Å². The van der Waals surface area contributed by atoms with E-state index >= 15 is 0 Å². The Bertz CT molecular complexity index is 497. The quantitative estimate of drug-likeness (QED) is 0.925. The summed E-state index contributed by atoms with van der Waals surface area (Å²) in [5.74, 6) is 0.0959. The minimum atomic E-state index is 0.0959. The van der Waals surface area contributed by atoms with Gasteiger partial charge in [0.1, 0.15) is 0 Å². The van der Waals surface area contributed by atoms with E-state index in [2.05, 4.69) is 10.2 Å². The summed E-state index contributed by atoms with van der Waals surface area (Å²) in [5.41, 5.74) is 0.785. The third-order valence-corrected chi connectivity index (χ3v) is 5.37. The number of nitrogens with one attached hydrogen (secondary N) is 1. The molecule has 1 aromatic carbocycles. The highest BCUT2D eigenvalue weighted by Gasteiger charge is 2.45. The monoisotopic (exact) mass is 284 g/mol. The number of piperidine rings is 2. The zero-order valence-electron chi connectivity index (χ0n) is 12.5. The molecule has 1 N–H and O–H groups in total. The lowest BCUT2D eigenvalue weighted by molar-refractivity contribution is 0.0175. The standard InChI is InChI=1S/C18H24N2O/c21-18(13-5-2-1-3-6-13)19-14-11-16-7-4-8-17(12-14)20(16)15-9-10-15/h1-3,5-6,14-17H,4,7-12H2,(H,19,21)/t14?,16-,17+. The first-order valence-corrected chi connectivity index (χ1v) is 8.44. The van der Waals surface area contributed by atoms with E-state index < -0.39 is 0 Å². The fraction of sp³-hybridized carbons (Fsp3) is 0.611. The molecule has 1 aliphatic carbocycles. The van der Waals surface area contributed by atoms with Crippen molar-refractivity contribution in [3.05, 3.63) is 35.9 Å². The van der Waals surface area contributed by atoms with Crippen molar-refractivity contribution in [3.8, 4) is 0 Å². The zero-order chi connectivity index (χ0) is 14.2. The van der Waals surface area contributed by atoms with Gasteiger partial charge < -0.3 is 5.32 Å². The molecule has 0 aromatic heterocycles. The van der Waals surface area contributed by atoms with Gasteiger partial charge in [0.15, 0.2) is 0 Å². The lowest BCUT2D eigenvalue weighted by Gasteiger charge is -2.49. The van der Waals surface area contributed by atoms with Crippen LogP contribution in [0, 0.1) is 0 Å². The van der Waals surface area contributed by atoms with Crippen LogP contribution in [0.3, 0.4) is 0 Å². The molecule has 2 saturated heterocycles. The Balaban J connectivity index is 1.42. The van der Waals surface area contributed by atoms with Gasteiger partial charge in [-0.2, -0.15) is 0 Å². The van der Waals surface area contributed by atoms with Crippen LogP contribution < -0.4 is 5.32 Å². The molecule has 0 radical (unpaired) electrons. The van der Waals surface area contributed by atoms with E-state index in [1.165, 1.54) is 32.1 Å². The molecule has 1 aromatic rings. The van der Waals surface area contributed by atoms with Gasteiger partial charge in [0.25, 0.3) is 5.91 Å². The number of rotatable bonds is 3. The third kappa shape index (κ3) is 2.71. The molecule has 112 valence electrons. The average molecular weight is 284 g/mol. The van der Waals surface area contributed by atoms with Crippen LogP contribution in [0.1, 0.15) is 55.3 Å². The maximum Gasteiger partial charge on any atom is 0.251 e. The summed E-state index contributed by atoms with van der Waals surface area (Å²) in [5, 5.41) is 3.28. The smallest absolute Gasteiger partial charge is 0.251 e. The van der Waals surface area contributed by atoms with Gasteiger partial charge in [-0.3, -0.25) is 9.69 Å². The SMILES string of the molecule is O=C(NC1C[C@H]2CCC[C@@H](C1)N2C1CC1)c1ccccc1. The molecular weight excluding hydrogens is 260 g/mol. The van der Waals surface area contributed by atoms with Crippen LogP contribution >= 0.6 is 0 Å². The molecule has 2 aliphatic heterocycles. The Morgan fingerprint density at radius 3 is 2.24 bits per heavy atom. The highest BCUT2D eigenvalue weighted by Crippen LogP contribution is 2.41. The maximum absolute atomic E-state index is 12.3. The van der Waals surface area contributed by atoms with Crippen LogP contribution in [0.2, 0.25) is 0 Å². The van der Waals surface area contributed by atoms with E-state index in [1.54, 1.807) is 0 Å². The molecule has 1 unspecified atom stereocenters. The van der Waals surface area contributed by atoms with Crippen molar-refractivity contribution in [1.82, 2.24) is 10.2 Å². The Kier molecular flexibility index (Phi) is 3.46. The van der Waals surface area contributed by atoms with Crippen LogP contribution in [0.5, 0.6) is 0 Å². The van der Waals surface area contributed by atoms with Crippen LogP contribution in [0.4, 0.5) is 0 Å². The molecule has 3 atom stereocenters. The fourth-order valence-corrected chi connectivity index (χ4v) is 4.36. The van der Waals surface area contributed by atoms with Crippen LogP contribution in [-0.4, -0.2) is 35.0 Å². The molecule has 3 fully saturated rings. The molecule has 3 nitrogen and oxygen atoms in total. The molecule has 0 spiro atoms. The van der Waals surface area contributed by atoms with Gasteiger partial charge in [-0.25, -0.2) is 0 Å². The first-order valence-electron chi connectivity index (χ1n) is 8.44. The summed E-state index contributed by atoms with van der Waals surface area (Å²) >= 11 is 0. The molecule has 21 heavy (non-hydrogen) atoms. The predicted octanol–water partition coefficient (Wildman–Crippen LogP) is 2.96. The topological polar surface area (TPSA) is 32.3 Å². The number of fused-ring (bicyclic) bond motifs is 2. The number of carbonyl (C=O) groups is 1. The van der Waals surface area contributed by atoms with E-state index in [9.17, 15) is 4.79 Å². The Morgan fingerprint density at radius 2 is 1.62 bits per heavy atom. The van der Waals surface area contributed by atoms with Crippen LogP contribution in [0.15, 0.2) is 30.3 Å². The zero-order valence-corrected chi connectivity index (χ0v) is 12.5. The van der Waals surface area contributed by atoms with E-state index in [0.717, 1.165) is 24.4 Å². The van der Waals surface area contributed by atoms with Gasteiger partial charge in [-0.05, 0) is 50.7 Å². The third-order valence-electron chi connectivity index (χ3n) is 5.37. The first kappa shape index (κ1) is 13.3. The second-order valence-electron chi connectivity index (χ2n) is 6.92. The minimum Gasteiger partial charge on any atom is -0.349 e. The number of hydrogen-bond acceptors (Lipinski definition) is 2. The van der Waals surface area contributed by atoms with Crippen molar-refractivity contribution in [3.63, 3.8) is 0 Å². The fourth-order valence-electron chi connectivity index (χ4n) is 4.36. The largest absolute Gasteiger partial charge is 0.349 e. The summed E-state index contributed by atoms with van der Waals surface area (Å²) < 4.78 is 0. The second kappa shape index (κ2) is 5.45. The second-order valence-corrected chi connectivity index (χ2v) is 6.92. The summed E-state index contributed by atoms with van der Waals surface area (Å²) in [7, 11) is 0. The molecule has 4 rings (SSSR count). The first-order chi connectivity index (χ1) is 10.3. The van der Waals surface area contributed by atoms with E-state index in [1.807, 2.05) is 30.3 Å². The van der Waals surface area contributed by atoms with Crippen molar-refractivity contribution in [2.24, 2.45) is 0 Å². The molecule has 2 heterocycles. The van der Waals surface area contributed by atoms with Gasteiger partial charge in [-0.15, -0.1) is 0 Å². The molecule has 2 bridgehead atoms. The van der Waals surface area contributed by atoms with Gasteiger partial charge >= 0.3 is 0 Å². The van der Waals surface area contributed by atoms with Crippen LogP contribution in [-0.2, 0) is 0 Å².